The number of rotatable bonds is 2. The summed E-state index contributed by atoms with van der Waals surface area (Å²) in [5.41, 5.74) is 5.88. The molecule has 1 aliphatic heterocycles. The second kappa shape index (κ2) is 6.10. The molecule has 6 heteroatoms. The third-order valence-corrected chi connectivity index (χ3v) is 2.56. The molecule has 3 N–H and O–H groups in total. The molecule has 0 fully saturated rings. The molecule has 6 nitrogen and oxygen atoms in total. The van der Waals surface area contributed by atoms with Crippen LogP contribution in [-0.2, 0) is 9.53 Å². The van der Waals surface area contributed by atoms with Gasteiger partial charge in [0.2, 0.25) is 0 Å². The second-order valence-corrected chi connectivity index (χ2v) is 4.33. The monoisotopic (exact) mass is 265 g/mol. The minimum absolute atomic E-state index is 0.0208. The first-order valence-electron chi connectivity index (χ1n) is 5.68. The van der Waals surface area contributed by atoms with Gasteiger partial charge < -0.3 is 15.6 Å². The van der Waals surface area contributed by atoms with Crippen LogP contribution >= 0.6 is 0 Å². The van der Waals surface area contributed by atoms with Crippen molar-refractivity contribution in [1.29, 1.82) is 0 Å². The fraction of sp³-hybridized carbons (Fsp3) is 0.308. The summed E-state index contributed by atoms with van der Waals surface area (Å²) >= 11 is 0. The quantitative estimate of drug-likeness (QED) is 0.611. The number of hydrogen-bond acceptors (Lipinski definition) is 5. The first-order valence-corrected chi connectivity index (χ1v) is 5.68. The van der Waals surface area contributed by atoms with Crippen LogP contribution in [0.5, 0.6) is 0 Å². The van der Waals surface area contributed by atoms with Crippen molar-refractivity contribution in [2.24, 2.45) is 11.7 Å². The van der Waals surface area contributed by atoms with E-state index in [1.807, 2.05) is 0 Å². The SMILES string of the molecule is CC(C)[C@H](N)C(=O)O.O=C1OC(=O)c2ccccc21. The standard InChI is InChI=1S/C8H4O3.C5H11NO2/c9-7-5-3-1-2-4-6(5)8(10)11-7;1-3(2)4(6)5(7)8/h1-4H;3-4H,6H2,1-2H3,(H,7,8)/t;4-/m.0/s1. The fourth-order valence-electron chi connectivity index (χ4n) is 1.32. The molecule has 1 aliphatic rings. The van der Waals surface area contributed by atoms with E-state index in [0.717, 1.165) is 0 Å². The van der Waals surface area contributed by atoms with Gasteiger partial charge in [-0.3, -0.25) is 4.79 Å². The van der Waals surface area contributed by atoms with Crippen molar-refractivity contribution < 1.29 is 24.2 Å². The van der Waals surface area contributed by atoms with Crippen LogP contribution in [0.1, 0.15) is 34.6 Å². The molecule has 0 radical (unpaired) electrons. The van der Waals surface area contributed by atoms with Gasteiger partial charge in [-0.25, -0.2) is 9.59 Å². The summed E-state index contributed by atoms with van der Waals surface area (Å²) in [6.07, 6.45) is 0. The lowest BCUT2D eigenvalue weighted by atomic mass is 10.1. The Morgan fingerprint density at radius 3 is 1.84 bits per heavy atom. The van der Waals surface area contributed by atoms with Gasteiger partial charge >= 0.3 is 17.9 Å². The van der Waals surface area contributed by atoms with Crippen LogP contribution in [-0.4, -0.2) is 29.1 Å². The molecule has 0 unspecified atom stereocenters. The van der Waals surface area contributed by atoms with Crippen molar-refractivity contribution >= 4 is 17.9 Å². The number of aliphatic carboxylic acids is 1. The minimum Gasteiger partial charge on any atom is -0.480 e. The molecule has 0 aromatic heterocycles. The molecular formula is C13H15NO5. The van der Waals surface area contributed by atoms with E-state index in [1.165, 1.54) is 0 Å². The smallest absolute Gasteiger partial charge is 0.346 e. The van der Waals surface area contributed by atoms with Crippen LogP contribution in [0.15, 0.2) is 24.3 Å². The average molecular weight is 265 g/mol. The van der Waals surface area contributed by atoms with Crippen LogP contribution in [0, 0.1) is 5.92 Å². The maximum absolute atomic E-state index is 10.8. The van der Waals surface area contributed by atoms with Crippen molar-refractivity contribution in [3.05, 3.63) is 35.4 Å². The normalized spacial score (nSPS) is 14.3. The lowest BCUT2D eigenvalue weighted by molar-refractivity contribution is -0.139. The van der Waals surface area contributed by atoms with Crippen LogP contribution in [0.3, 0.4) is 0 Å². The number of benzene rings is 1. The van der Waals surface area contributed by atoms with Gasteiger partial charge in [0.25, 0.3) is 0 Å². The Bertz CT molecular complexity index is 477. The van der Waals surface area contributed by atoms with Crippen molar-refractivity contribution in [3.8, 4) is 0 Å². The highest BCUT2D eigenvalue weighted by Crippen LogP contribution is 2.18. The number of carboxylic acids is 1. The van der Waals surface area contributed by atoms with Gasteiger partial charge in [-0.2, -0.15) is 0 Å². The van der Waals surface area contributed by atoms with Crippen molar-refractivity contribution in [1.82, 2.24) is 0 Å². The zero-order chi connectivity index (χ0) is 14.6. The largest absolute Gasteiger partial charge is 0.480 e. The van der Waals surface area contributed by atoms with Gasteiger partial charge in [-0.1, -0.05) is 26.0 Å². The average Bonchev–Trinajstić information content (AvgIpc) is 2.65. The van der Waals surface area contributed by atoms with Gasteiger partial charge in [-0.15, -0.1) is 0 Å². The van der Waals surface area contributed by atoms with E-state index in [2.05, 4.69) is 4.74 Å². The van der Waals surface area contributed by atoms with E-state index in [0.29, 0.717) is 11.1 Å². The van der Waals surface area contributed by atoms with Crippen LogP contribution in [0.4, 0.5) is 0 Å². The zero-order valence-corrected chi connectivity index (χ0v) is 10.6. The molecule has 1 aromatic rings. The number of carboxylic acid groups (broad SMARTS) is 1. The lowest BCUT2D eigenvalue weighted by Crippen LogP contribution is -2.34. The highest BCUT2D eigenvalue weighted by Gasteiger charge is 2.28. The van der Waals surface area contributed by atoms with Crippen LogP contribution in [0.2, 0.25) is 0 Å². The highest BCUT2D eigenvalue weighted by molar-refractivity contribution is 6.14. The van der Waals surface area contributed by atoms with Crippen LogP contribution in [0.25, 0.3) is 0 Å². The number of ether oxygens (including phenoxy) is 1. The maximum atomic E-state index is 10.8. The number of fused-ring (bicyclic) bond motifs is 1. The van der Waals surface area contributed by atoms with E-state index in [4.69, 9.17) is 10.8 Å². The lowest BCUT2D eigenvalue weighted by Gasteiger charge is -2.07. The highest BCUT2D eigenvalue weighted by atomic mass is 16.6. The fourth-order valence-corrected chi connectivity index (χ4v) is 1.32. The summed E-state index contributed by atoms with van der Waals surface area (Å²) in [6.45, 7) is 3.55. The van der Waals surface area contributed by atoms with Crippen molar-refractivity contribution in [3.63, 3.8) is 0 Å². The van der Waals surface area contributed by atoms with Gasteiger partial charge in [0.1, 0.15) is 6.04 Å². The van der Waals surface area contributed by atoms with Crippen molar-refractivity contribution in [2.45, 2.75) is 19.9 Å². The molecule has 1 heterocycles. The molecule has 0 aliphatic carbocycles. The molecule has 19 heavy (non-hydrogen) atoms. The first-order chi connectivity index (χ1) is 8.84. The molecule has 0 amide bonds. The molecule has 102 valence electrons. The van der Waals surface area contributed by atoms with E-state index >= 15 is 0 Å². The number of cyclic esters (lactones) is 2. The predicted molar refractivity (Wildman–Crippen MR) is 66.6 cm³/mol. The van der Waals surface area contributed by atoms with Crippen molar-refractivity contribution in [2.75, 3.05) is 0 Å². The molecule has 0 saturated heterocycles. The number of carbonyl (C=O) groups excluding carboxylic acids is 2. The van der Waals surface area contributed by atoms with Crippen LogP contribution < -0.4 is 5.73 Å². The predicted octanol–water partition coefficient (Wildman–Crippen LogP) is 1.05. The molecular weight excluding hydrogens is 250 g/mol. The van der Waals surface area contributed by atoms with E-state index < -0.39 is 23.9 Å². The second-order valence-electron chi connectivity index (χ2n) is 4.33. The van der Waals surface area contributed by atoms with Gasteiger partial charge in [0, 0.05) is 0 Å². The summed E-state index contributed by atoms with van der Waals surface area (Å²) in [6, 6.07) is 5.82. The Morgan fingerprint density at radius 2 is 1.58 bits per heavy atom. The summed E-state index contributed by atoms with van der Waals surface area (Å²) in [5.74, 6) is -2.01. The molecule has 0 saturated carbocycles. The van der Waals surface area contributed by atoms with E-state index in [1.54, 1.807) is 38.1 Å². The number of hydrogen-bond donors (Lipinski definition) is 2. The zero-order valence-electron chi connectivity index (χ0n) is 10.6. The number of esters is 2. The number of carbonyl (C=O) groups is 3. The van der Waals surface area contributed by atoms with Gasteiger partial charge in [0.05, 0.1) is 11.1 Å². The maximum Gasteiger partial charge on any atom is 0.346 e. The number of nitrogens with two attached hydrogens (primary N) is 1. The summed E-state index contributed by atoms with van der Waals surface area (Å²) in [5, 5.41) is 8.23. The molecule has 0 spiro atoms. The molecule has 2 rings (SSSR count). The molecule has 1 atom stereocenters. The molecule has 0 bridgehead atoms. The van der Waals surface area contributed by atoms with Gasteiger partial charge in [0.15, 0.2) is 0 Å². The third-order valence-electron chi connectivity index (χ3n) is 2.56. The third kappa shape index (κ3) is 3.62. The Kier molecular flexibility index (Phi) is 4.77. The molecule has 1 aromatic carbocycles. The topological polar surface area (TPSA) is 107 Å². The van der Waals surface area contributed by atoms with E-state index in [9.17, 15) is 14.4 Å². The summed E-state index contributed by atoms with van der Waals surface area (Å²) < 4.78 is 4.35. The minimum atomic E-state index is -0.931. The summed E-state index contributed by atoms with van der Waals surface area (Å²) in [7, 11) is 0. The summed E-state index contributed by atoms with van der Waals surface area (Å²) in [4.78, 5) is 31.7. The Labute approximate surface area is 110 Å². The Morgan fingerprint density at radius 1 is 1.16 bits per heavy atom. The first kappa shape index (κ1) is 14.8. The van der Waals surface area contributed by atoms with Gasteiger partial charge in [-0.05, 0) is 18.1 Å². The Balaban J connectivity index is 0.000000203. The Hall–Kier alpha value is -2.21. The van der Waals surface area contributed by atoms with E-state index in [-0.39, 0.29) is 5.92 Å².